The summed E-state index contributed by atoms with van der Waals surface area (Å²) in [4.78, 5) is 17.1. The average molecular weight is 421 g/mol. The highest BCUT2D eigenvalue weighted by molar-refractivity contribution is 5.94. The van der Waals surface area contributed by atoms with E-state index >= 15 is 0 Å². The summed E-state index contributed by atoms with van der Waals surface area (Å²) >= 11 is 0. The van der Waals surface area contributed by atoms with Crippen molar-refractivity contribution in [2.45, 2.75) is 13.3 Å². The van der Waals surface area contributed by atoms with Gasteiger partial charge in [-0.3, -0.25) is 9.89 Å². The Hall–Kier alpha value is -3.48. The van der Waals surface area contributed by atoms with Crippen molar-refractivity contribution in [3.05, 3.63) is 60.2 Å². The molecule has 2 heterocycles. The summed E-state index contributed by atoms with van der Waals surface area (Å²) in [5.41, 5.74) is 2.71. The van der Waals surface area contributed by atoms with E-state index in [-0.39, 0.29) is 5.91 Å². The highest BCUT2D eigenvalue weighted by Gasteiger charge is 2.22. The first-order chi connectivity index (χ1) is 15.2. The number of carbonyl (C=O) groups excluding carboxylic acids is 1. The molecule has 31 heavy (non-hydrogen) atoms. The van der Waals surface area contributed by atoms with Crippen LogP contribution < -0.4 is 14.4 Å². The van der Waals surface area contributed by atoms with E-state index in [9.17, 15) is 4.79 Å². The topological polar surface area (TPSA) is 70.7 Å². The van der Waals surface area contributed by atoms with Gasteiger partial charge in [0.2, 0.25) is 0 Å². The van der Waals surface area contributed by atoms with Crippen molar-refractivity contribution in [2.24, 2.45) is 0 Å². The largest absolute Gasteiger partial charge is 0.497 e. The van der Waals surface area contributed by atoms with Crippen LogP contribution in [0.3, 0.4) is 0 Å². The number of H-pyrrole nitrogens is 1. The van der Waals surface area contributed by atoms with Gasteiger partial charge in [0.25, 0.3) is 5.91 Å². The fourth-order valence-electron chi connectivity index (χ4n) is 3.78. The standard InChI is InChI=1S/C24H28N4O3/c1-3-31-21-11-7-19(8-12-21)24(29)28-14-4-13-27(15-16-28)23-17-22(25-26-23)18-5-9-20(30-2)10-6-18/h5-12,17H,3-4,13-16H2,1-2H3,(H,25,26). The Morgan fingerprint density at radius 1 is 1.00 bits per heavy atom. The number of benzene rings is 2. The number of aromatic amines is 1. The zero-order valence-electron chi connectivity index (χ0n) is 18.0. The molecule has 4 rings (SSSR count). The van der Waals surface area contributed by atoms with Crippen LogP contribution in [0.2, 0.25) is 0 Å². The molecule has 1 saturated heterocycles. The number of aromatic nitrogens is 2. The van der Waals surface area contributed by atoms with Gasteiger partial charge in [-0.2, -0.15) is 5.10 Å². The third-order valence-electron chi connectivity index (χ3n) is 5.48. The molecule has 0 radical (unpaired) electrons. The number of methoxy groups -OCH3 is 1. The van der Waals surface area contributed by atoms with Crippen LogP contribution in [0.1, 0.15) is 23.7 Å². The summed E-state index contributed by atoms with van der Waals surface area (Å²) in [5.74, 6) is 2.58. The summed E-state index contributed by atoms with van der Waals surface area (Å²) in [6.07, 6.45) is 0.896. The number of nitrogens with one attached hydrogen (secondary N) is 1. The minimum atomic E-state index is 0.0610. The lowest BCUT2D eigenvalue weighted by atomic mass is 10.1. The Morgan fingerprint density at radius 2 is 1.74 bits per heavy atom. The molecule has 0 bridgehead atoms. The fourth-order valence-corrected chi connectivity index (χ4v) is 3.78. The van der Waals surface area contributed by atoms with Crippen LogP contribution in [-0.4, -0.2) is 60.9 Å². The molecular weight excluding hydrogens is 392 g/mol. The molecule has 162 valence electrons. The number of rotatable bonds is 6. The minimum Gasteiger partial charge on any atom is -0.497 e. The summed E-state index contributed by atoms with van der Waals surface area (Å²) in [5, 5.41) is 7.64. The first-order valence-corrected chi connectivity index (χ1v) is 10.6. The monoisotopic (exact) mass is 420 g/mol. The number of amides is 1. The quantitative estimate of drug-likeness (QED) is 0.656. The highest BCUT2D eigenvalue weighted by atomic mass is 16.5. The number of hydrogen-bond acceptors (Lipinski definition) is 5. The predicted octanol–water partition coefficient (Wildman–Crippen LogP) is 3.84. The second-order valence-electron chi connectivity index (χ2n) is 7.46. The van der Waals surface area contributed by atoms with Gasteiger partial charge in [-0.1, -0.05) is 0 Å². The van der Waals surface area contributed by atoms with E-state index in [4.69, 9.17) is 9.47 Å². The first kappa shape index (κ1) is 20.8. The molecule has 1 fully saturated rings. The van der Waals surface area contributed by atoms with Gasteiger partial charge in [0.1, 0.15) is 11.5 Å². The van der Waals surface area contributed by atoms with Crippen LogP contribution in [0, 0.1) is 0 Å². The SMILES string of the molecule is CCOc1ccc(C(=O)N2CCCN(c3cc(-c4ccc(OC)cc4)[nH]n3)CC2)cc1. The van der Waals surface area contributed by atoms with Crippen molar-refractivity contribution in [1.29, 1.82) is 0 Å². The molecule has 1 amide bonds. The van der Waals surface area contributed by atoms with Crippen molar-refractivity contribution < 1.29 is 14.3 Å². The Morgan fingerprint density at radius 3 is 2.45 bits per heavy atom. The van der Waals surface area contributed by atoms with Crippen LogP contribution in [-0.2, 0) is 0 Å². The van der Waals surface area contributed by atoms with E-state index in [1.807, 2.05) is 60.4 Å². The van der Waals surface area contributed by atoms with E-state index < -0.39 is 0 Å². The van der Waals surface area contributed by atoms with Crippen LogP contribution in [0.4, 0.5) is 5.82 Å². The third-order valence-corrected chi connectivity index (χ3v) is 5.48. The summed E-state index contributed by atoms with van der Waals surface area (Å²) in [7, 11) is 1.66. The summed E-state index contributed by atoms with van der Waals surface area (Å²) in [6.45, 7) is 5.56. The van der Waals surface area contributed by atoms with E-state index in [0.29, 0.717) is 18.7 Å². The van der Waals surface area contributed by atoms with Crippen LogP contribution >= 0.6 is 0 Å². The van der Waals surface area contributed by atoms with Gasteiger partial charge in [0.05, 0.1) is 19.4 Å². The number of anilines is 1. The molecule has 1 N–H and O–H groups in total. The molecule has 1 aromatic heterocycles. The van der Waals surface area contributed by atoms with Gasteiger partial charge < -0.3 is 19.3 Å². The summed E-state index contributed by atoms with van der Waals surface area (Å²) < 4.78 is 10.7. The molecule has 0 atom stereocenters. The molecule has 0 spiro atoms. The Labute approximate surface area is 182 Å². The molecular formula is C24H28N4O3. The lowest BCUT2D eigenvalue weighted by molar-refractivity contribution is 0.0767. The van der Waals surface area contributed by atoms with E-state index in [0.717, 1.165) is 54.6 Å². The second-order valence-corrected chi connectivity index (χ2v) is 7.46. The van der Waals surface area contributed by atoms with Gasteiger partial charge in [-0.25, -0.2) is 0 Å². The first-order valence-electron chi connectivity index (χ1n) is 10.6. The molecule has 0 saturated carbocycles. The lowest BCUT2D eigenvalue weighted by Gasteiger charge is -2.22. The Bertz CT molecular complexity index is 998. The zero-order valence-corrected chi connectivity index (χ0v) is 18.0. The lowest BCUT2D eigenvalue weighted by Crippen LogP contribution is -2.35. The molecule has 1 aliphatic rings. The number of carbonyl (C=O) groups is 1. The normalized spacial score (nSPS) is 14.3. The van der Waals surface area contributed by atoms with Gasteiger partial charge >= 0.3 is 0 Å². The summed E-state index contributed by atoms with van der Waals surface area (Å²) in [6, 6.07) is 17.3. The zero-order chi connectivity index (χ0) is 21.6. The van der Waals surface area contributed by atoms with Crippen molar-refractivity contribution in [3.8, 4) is 22.8 Å². The Kier molecular flexibility index (Phi) is 6.40. The van der Waals surface area contributed by atoms with Crippen LogP contribution in [0.5, 0.6) is 11.5 Å². The van der Waals surface area contributed by atoms with E-state index in [1.54, 1.807) is 7.11 Å². The molecule has 2 aromatic carbocycles. The molecule has 0 aliphatic carbocycles. The van der Waals surface area contributed by atoms with Gasteiger partial charge in [-0.05, 0) is 67.4 Å². The Balaban J connectivity index is 1.39. The average Bonchev–Trinajstić information content (AvgIpc) is 3.17. The van der Waals surface area contributed by atoms with Gasteiger partial charge in [0, 0.05) is 37.8 Å². The predicted molar refractivity (Wildman–Crippen MR) is 121 cm³/mol. The van der Waals surface area contributed by atoms with Crippen LogP contribution in [0.25, 0.3) is 11.3 Å². The number of nitrogens with zero attached hydrogens (tertiary/aromatic N) is 3. The van der Waals surface area contributed by atoms with Gasteiger partial charge in [-0.15, -0.1) is 0 Å². The maximum Gasteiger partial charge on any atom is 0.253 e. The second kappa shape index (κ2) is 9.55. The number of hydrogen-bond donors (Lipinski definition) is 1. The molecule has 7 nitrogen and oxygen atoms in total. The minimum absolute atomic E-state index is 0.0610. The molecule has 7 heteroatoms. The highest BCUT2D eigenvalue weighted by Crippen LogP contribution is 2.25. The maximum absolute atomic E-state index is 12.9. The maximum atomic E-state index is 12.9. The van der Waals surface area contributed by atoms with Crippen molar-refractivity contribution in [2.75, 3.05) is 44.8 Å². The van der Waals surface area contributed by atoms with Crippen LogP contribution in [0.15, 0.2) is 54.6 Å². The molecule has 0 unspecified atom stereocenters. The number of ether oxygens (including phenoxy) is 2. The van der Waals surface area contributed by atoms with E-state index in [2.05, 4.69) is 21.2 Å². The molecule has 3 aromatic rings. The fraction of sp³-hybridized carbons (Fsp3) is 0.333. The third kappa shape index (κ3) is 4.82. The van der Waals surface area contributed by atoms with E-state index in [1.165, 1.54) is 0 Å². The van der Waals surface area contributed by atoms with Gasteiger partial charge in [0.15, 0.2) is 5.82 Å². The smallest absolute Gasteiger partial charge is 0.253 e. The molecule has 1 aliphatic heterocycles. The van der Waals surface area contributed by atoms with Crippen molar-refractivity contribution in [3.63, 3.8) is 0 Å². The van der Waals surface area contributed by atoms with Crippen molar-refractivity contribution >= 4 is 11.7 Å². The van der Waals surface area contributed by atoms with Crippen molar-refractivity contribution in [1.82, 2.24) is 15.1 Å².